The Morgan fingerprint density at radius 1 is 1.47 bits per heavy atom. The lowest BCUT2D eigenvalue weighted by Crippen LogP contribution is -2.15. The lowest BCUT2D eigenvalue weighted by atomic mass is 10.0. The molecule has 0 spiro atoms. The molecular weight excluding hydrogens is 248 g/mol. The van der Waals surface area contributed by atoms with E-state index in [1.165, 1.54) is 19.2 Å². The highest BCUT2D eigenvalue weighted by molar-refractivity contribution is 5.56. The number of nitro benzene ring substituents is 1. The first-order valence-electron chi connectivity index (χ1n) is 6.28. The molecule has 19 heavy (non-hydrogen) atoms. The third-order valence-corrected chi connectivity index (χ3v) is 3.05. The molecule has 0 saturated carbocycles. The molecule has 0 aliphatic rings. The Morgan fingerprint density at radius 3 is 2.74 bits per heavy atom. The Hall–Kier alpha value is -1.82. The van der Waals surface area contributed by atoms with Crippen LogP contribution in [0.15, 0.2) is 18.2 Å². The quantitative estimate of drug-likeness (QED) is 0.558. The minimum absolute atomic E-state index is 0.00273. The van der Waals surface area contributed by atoms with E-state index in [0.717, 1.165) is 12.8 Å². The van der Waals surface area contributed by atoms with Gasteiger partial charge < -0.3 is 15.2 Å². The Labute approximate surface area is 112 Å². The van der Waals surface area contributed by atoms with Gasteiger partial charge in [-0.1, -0.05) is 13.3 Å². The second-order valence-electron chi connectivity index (χ2n) is 4.34. The van der Waals surface area contributed by atoms with Crippen molar-refractivity contribution in [3.8, 4) is 5.75 Å². The van der Waals surface area contributed by atoms with Gasteiger partial charge in [0.15, 0.2) is 0 Å². The molecular formula is C13H20N2O4. The summed E-state index contributed by atoms with van der Waals surface area (Å²) in [5, 5.41) is 22.9. The van der Waals surface area contributed by atoms with Crippen molar-refractivity contribution >= 4 is 11.4 Å². The number of hydrogen-bond donors (Lipinski definition) is 2. The molecule has 0 fully saturated rings. The molecule has 1 rings (SSSR count). The molecule has 0 heterocycles. The zero-order valence-corrected chi connectivity index (χ0v) is 11.3. The van der Waals surface area contributed by atoms with Crippen LogP contribution in [0, 0.1) is 16.0 Å². The van der Waals surface area contributed by atoms with Crippen LogP contribution >= 0.6 is 0 Å². The lowest BCUT2D eigenvalue weighted by molar-refractivity contribution is -0.384. The Kier molecular flexibility index (Phi) is 6.08. The van der Waals surface area contributed by atoms with Crippen molar-refractivity contribution in [3.63, 3.8) is 0 Å². The Morgan fingerprint density at radius 2 is 2.21 bits per heavy atom. The molecule has 0 bridgehead atoms. The first kappa shape index (κ1) is 15.2. The maximum absolute atomic E-state index is 10.8. The molecule has 6 nitrogen and oxygen atoms in total. The van der Waals surface area contributed by atoms with Crippen LogP contribution in [0.3, 0.4) is 0 Å². The fraction of sp³-hybridized carbons (Fsp3) is 0.538. The van der Waals surface area contributed by atoms with Crippen LogP contribution in [0.5, 0.6) is 5.75 Å². The van der Waals surface area contributed by atoms with Gasteiger partial charge in [-0.25, -0.2) is 0 Å². The normalized spacial score (nSPS) is 11.9. The smallest absolute Gasteiger partial charge is 0.275 e. The number of anilines is 1. The number of nitrogens with zero attached hydrogens (tertiary/aromatic N) is 1. The second kappa shape index (κ2) is 7.58. The number of ether oxygens (including phenoxy) is 1. The van der Waals surface area contributed by atoms with E-state index in [1.54, 1.807) is 6.07 Å². The van der Waals surface area contributed by atoms with Gasteiger partial charge in [0, 0.05) is 31.0 Å². The van der Waals surface area contributed by atoms with E-state index < -0.39 is 4.92 Å². The Bertz CT molecular complexity index is 423. The molecule has 0 saturated heterocycles. The molecule has 1 aromatic carbocycles. The number of aliphatic hydroxyl groups is 1. The average Bonchev–Trinajstić information content (AvgIpc) is 2.42. The third-order valence-electron chi connectivity index (χ3n) is 3.05. The fourth-order valence-corrected chi connectivity index (χ4v) is 1.80. The van der Waals surface area contributed by atoms with Gasteiger partial charge in [0.1, 0.15) is 5.75 Å². The molecule has 1 aromatic rings. The van der Waals surface area contributed by atoms with Crippen molar-refractivity contribution < 1.29 is 14.8 Å². The van der Waals surface area contributed by atoms with Gasteiger partial charge >= 0.3 is 0 Å². The summed E-state index contributed by atoms with van der Waals surface area (Å²) in [5.41, 5.74) is 0.652. The van der Waals surface area contributed by atoms with Crippen LogP contribution in [0.2, 0.25) is 0 Å². The Balaban J connectivity index is 2.76. The van der Waals surface area contributed by atoms with Crippen LogP contribution in [0.4, 0.5) is 11.4 Å². The molecule has 0 aliphatic heterocycles. The van der Waals surface area contributed by atoms with E-state index >= 15 is 0 Å². The highest BCUT2D eigenvalue weighted by Gasteiger charge is 2.11. The summed E-state index contributed by atoms with van der Waals surface area (Å²) in [7, 11) is 1.48. The number of nitrogens with one attached hydrogen (secondary N) is 1. The molecule has 6 heteroatoms. The van der Waals surface area contributed by atoms with E-state index in [-0.39, 0.29) is 12.3 Å². The van der Waals surface area contributed by atoms with E-state index in [0.29, 0.717) is 23.9 Å². The molecule has 0 radical (unpaired) electrons. The summed E-state index contributed by atoms with van der Waals surface area (Å²) in [4.78, 5) is 10.4. The number of aliphatic hydroxyl groups excluding tert-OH is 1. The van der Waals surface area contributed by atoms with Gasteiger partial charge in [0.25, 0.3) is 5.69 Å². The molecule has 0 amide bonds. The SMILES string of the molecule is CCC(CCO)CNc1cc(OC)cc([N+](=O)[O-])c1. The number of rotatable bonds is 8. The number of methoxy groups -OCH3 is 1. The molecule has 1 unspecified atom stereocenters. The summed E-state index contributed by atoms with van der Waals surface area (Å²) in [6.07, 6.45) is 1.66. The van der Waals surface area contributed by atoms with Crippen molar-refractivity contribution in [2.75, 3.05) is 25.6 Å². The van der Waals surface area contributed by atoms with Crippen LogP contribution in [0.25, 0.3) is 0 Å². The molecule has 106 valence electrons. The monoisotopic (exact) mass is 268 g/mol. The first-order chi connectivity index (χ1) is 9.10. The average molecular weight is 268 g/mol. The fourth-order valence-electron chi connectivity index (χ4n) is 1.80. The minimum atomic E-state index is -0.446. The third kappa shape index (κ3) is 4.75. The van der Waals surface area contributed by atoms with Crippen LogP contribution < -0.4 is 10.1 Å². The lowest BCUT2D eigenvalue weighted by Gasteiger charge is -2.15. The van der Waals surface area contributed by atoms with Crippen LogP contribution in [-0.2, 0) is 0 Å². The summed E-state index contributed by atoms with van der Waals surface area (Å²) < 4.78 is 5.04. The summed E-state index contributed by atoms with van der Waals surface area (Å²) in [6.45, 7) is 2.87. The summed E-state index contributed by atoms with van der Waals surface area (Å²) in [6, 6.07) is 4.59. The van der Waals surface area contributed by atoms with Gasteiger partial charge in [0.2, 0.25) is 0 Å². The predicted molar refractivity (Wildman–Crippen MR) is 73.6 cm³/mol. The molecule has 2 N–H and O–H groups in total. The molecule has 0 aromatic heterocycles. The van der Waals surface area contributed by atoms with Crippen molar-refractivity contribution in [2.24, 2.45) is 5.92 Å². The zero-order valence-electron chi connectivity index (χ0n) is 11.3. The minimum Gasteiger partial charge on any atom is -0.496 e. The zero-order chi connectivity index (χ0) is 14.3. The van der Waals surface area contributed by atoms with Crippen molar-refractivity contribution in [2.45, 2.75) is 19.8 Å². The van der Waals surface area contributed by atoms with E-state index in [2.05, 4.69) is 12.2 Å². The second-order valence-corrected chi connectivity index (χ2v) is 4.34. The largest absolute Gasteiger partial charge is 0.496 e. The highest BCUT2D eigenvalue weighted by Crippen LogP contribution is 2.26. The number of hydrogen-bond acceptors (Lipinski definition) is 5. The summed E-state index contributed by atoms with van der Waals surface area (Å²) >= 11 is 0. The highest BCUT2D eigenvalue weighted by atomic mass is 16.6. The van der Waals surface area contributed by atoms with Gasteiger partial charge in [-0.2, -0.15) is 0 Å². The number of nitro groups is 1. The van der Waals surface area contributed by atoms with Gasteiger partial charge in [-0.15, -0.1) is 0 Å². The number of non-ortho nitro benzene ring substituents is 1. The topological polar surface area (TPSA) is 84.6 Å². The van der Waals surface area contributed by atoms with E-state index in [4.69, 9.17) is 9.84 Å². The van der Waals surface area contributed by atoms with E-state index in [9.17, 15) is 10.1 Å². The summed E-state index contributed by atoms with van der Waals surface area (Å²) in [5.74, 6) is 0.794. The molecule has 1 atom stereocenters. The predicted octanol–water partition coefficient (Wildman–Crippen LogP) is 2.42. The van der Waals surface area contributed by atoms with Gasteiger partial charge in [-0.05, 0) is 12.3 Å². The van der Waals surface area contributed by atoms with Crippen LogP contribution in [-0.4, -0.2) is 30.3 Å². The first-order valence-corrected chi connectivity index (χ1v) is 6.28. The van der Waals surface area contributed by atoms with Crippen LogP contribution in [0.1, 0.15) is 19.8 Å². The maximum atomic E-state index is 10.8. The van der Waals surface area contributed by atoms with Gasteiger partial charge in [0.05, 0.1) is 18.1 Å². The number of benzene rings is 1. The maximum Gasteiger partial charge on any atom is 0.275 e. The van der Waals surface area contributed by atoms with Crippen molar-refractivity contribution in [1.29, 1.82) is 0 Å². The van der Waals surface area contributed by atoms with Crippen molar-refractivity contribution in [1.82, 2.24) is 0 Å². The standard InChI is InChI=1S/C13H20N2O4/c1-3-10(4-5-16)9-14-11-6-12(15(17)18)8-13(7-11)19-2/h6-8,10,14,16H,3-5,9H2,1-2H3. The van der Waals surface area contributed by atoms with Gasteiger partial charge in [-0.3, -0.25) is 10.1 Å². The molecule has 0 aliphatic carbocycles. The van der Waals surface area contributed by atoms with E-state index in [1.807, 2.05) is 0 Å². The van der Waals surface area contributed by atoms with Crippen molar-refractivity contribution in [3.05, 3.63) is 28.3 Å².